The van der Waals surface area contributed by atoms with E-state index in [0.29, 0.717) is 18.7 Å². The molecule has 0 bridgehead atoms. The number of carbonyl (C=O) groups excluding carboxylic acids is 2. The maximum Gasteiger partial charge on any atom is 0.254 e. The van der Waals surface area contributed by atoms with Gasteiger partial charge in [-0.3, -0.25) is 14.3 Å². The molecule has 0 spiro atoms. The second-order valence-electron chi connectivity index (χ2n) is 7.92. The lowest BCUT2D eigenvalue weighted by Gasteiger charge is -2.36. The van der Waals surface area contributed by atoms with Crippen LogP contribution in [-0.4, -0.2) is 57.0 Å². The molecule has 1 aromatic heterocycles. The number of carbonyl (C=O) groups is 2. The number of alkyl halides is 2. The first-order valence-corrected chi connectivity index (χ1v) is 9.86. The Morgan fingerprint density at radius 3 is 2.66 bits per heavy atom. The smallest absolute Gasteiger partial charge is 0.254 e. The van der Waals surface area contributed by atoms with Crippen LogP contribution in [-0.2, 0) is 11.3 Å². The van der Waals surface area contributed by atoms with Crippen LogP contribution in [0.25, 0.3) is 0 Å². The van der Waals surface area contributed by atoms with Gasteiger partial charge in [0.1, 0.15) is 0 Å². The van der Waals surface area contributed by atoms with Crippen molar-refractivity contribution in [1.29, 1.82) is 0 Å². The quantitative estimate of drug-likeness (QED) is 0.793. The van der Waals surface area contributed by atoms with E-state index < -0.39 is 5.92 Å². The summed E-state index contributed by atoms with van der Waals surface area (Å²) < 4.78 is 28.6. The summed E-state index contributed by atoms with van der Waals surface area (Å²) >= 11 is 0. The van der Waals surface area contributed by atoms with Crippen LogP contribution in [0, 0.1) is 6.92 Å². The van der Waals surface area contributed by atoms with Crippen molar-refractivity contribution in [3.8, 4) is 0 Å². The van der Waals surface area contributed by atoms with Gasteiger partial charge in [0.25, 0.3) is 11.8 Å². The number of aryl methyl sites for hydroxylation is 1. The minimum absolute atomic E-state index is 0.0659. The number of amides is 2. The van der Waals surface area contributed by atoms with Crippen molar-refractivity contribution in [2.24, 2.45) is 0 Å². The molecule has 4 rings (SSSR count). The van der Waals surface area contributed by atoms with Crippen molar-refractivity contribution in [3.05, 3.63) is 53.3 Å². The van der Waals surface area contributed by atoms with Gasteiger partial charge in [0.2, 0.25) is 5.91 Å². The van der Waals surface area contributed by atoms with Gasteiger partial charge in [-0.2, -0.15) is 5.10 Å². The van der Waals surface area contributed by atoms with E-state index in [2.05, 4.69) is 5.10 Å². The lowest BCUT2D eigenvalue weighted by atomic mass is 10.0. The highest BCUT2D eigenvalue weighted by molar-refractivity contribution is 5.94. The van der Waals surface area contributed by atoms with Gasteiger partial charge in [-0.25, -0.2) is 8.78 Å². The second-order valence-corrected chi connectivity index (χ2v) is 7.92. The van der Waals surface area contributed by atoms with Crippen LogP contribution < -0.4 is 0 Å². The third-order valence-corrected chi connectivity index (χ3v) is 5.69. The van der Waals surface area contributed by atoms with Crippen molar-refractivity contribution >= 4 is 11.8 Å². The maximum absolute atomic E-state index is 13.4. The van der Waals surface area contributed by atoms with Gasteiger partial charge in [-0.15, -0.1) is 0 Å². The Hall–Kier alpha value is -2.77. The zero-order chi connectivity index (χ0) is 20.6. The predicted molar refractivity (Wildman–Crippen MR) is 103 cm³/mol. The molecular weight excluding hydrogens is 378 g/mol. The fraction of sp³-hybridized carbons (Fsp3) is 0.476. The molecule has 29 heavy (non-hydrogen) atoms. The lowest BCUT2D eigenvalue weighted by Crippen LogP contribution is -2.46. The summed E-state index contributed by atoms with van der Waals surface area (Å²) in [6.07, 6.45) is 1.20. The highest BCUT2D eigenvalue weighted by atomic mass is 19.3. The molecule has 2 aliphatic rings. The van der Waals surface area contributed by atoms with Gasteiger partial charge in [-0.05, 0) is 25.1 Å². The molecule has 1 atom stereocenters. The Balaban J connectivity index is 1.48. The Morgan fingerprint density at radius 2 is 1.93 bits per heavy atom. The number of hydrogen-bond donors (Lipinski definition) is 0. The van der Waals surface area contributed by atoms with Crippen molar-refractivity contribution in [1.82, 2.24) is 19.6 Å². The van der Waals surface area contributed by atoms with E-state index >= 15 is 0 Å². The van der Waals surface area contributed by atoms with E-state index in [-0.39, 0.29) is 50.2 Å². The molecule has 8 heteroatoms. The van der Waals surface area contributed by atoms with E-state index in [9.17, 15) is 18.4 Å². The summed E-state index contributed by atoms with van der Waals surface area (Å²) in [7, 11) is 0. The summed E-state index contributed by atoms with van der Waals surface area (Å²) in [6, 6.07) is 8.96. The molecule has 0 unspecified atom stereocenters. The Labute approximate surface area is 168 Å². The minimum atomic E-state index is -2.69. The van der Waals surface area contributed by atoms with Crippen molar-refractivity contribution < 1.29 is 18.4 Å². The van der Waals surface area contributed by atoms with Crippen LogP contribution in [0.3, 0.4) is 0 Å². The average Bonchev–Trinajstić information content (AvgIpc) is 3.16. The van der Waals surface area contributed by atoms with Crippen LogP contribution in [0.2, 0.25) is 0 Å². The van der Waals surface area contributed by atoms with Crippen molar-refractivity contribution in [3.63, 3.8) is 0 Å². The molecule has 2 amide bonds. The number of piperidine rings is 1. The summed E-state index contributed by atoms with van der Waals surface area (Å²) in [5.74, 6) is -2.94. The molecule has 0 saturated carbocycles. The summed E-state index contributed by atoms with van der Waals surface area (Å²) in [5.41, 5.74) is 2.48. The topological polar surface area (TPSA) is 58.4 Å². The number of benzene rings is 1. The third-order valence-electron chi connectivity index (χ3n) is 5.69. The first-order chi connectivity index (χ1) is 13.8. The van der Waals surface area contributed by atoms with Gasteiger partial charge in [0, 0.05) is 44.2 Å². The van der Waals surface area contributed by atoms with Crippen molar-refractivity contribution in [2.45, 2.75) is 44.7 Å². The number of halogens is 2. The molecule has 2 aromatic rings. The average molecular weight is 402 g/mol. The predicted octanol–water partition coefficient (Wildman–Crippen LogP) is 3.04. The molecule has 0 aliphatic carbocycles. The third kappa shape index (κ3) is 4.16. The molecule has 0 radical (unpaired) electrons. The molecule has 1 saturated heterocycles. The SMILES string of the molecule is Cc1cccc(C(=O)N2Cc3ccnn3[C@H](CC(=O)N3CCC(F)(F)CC3)C2)c1. The Bertz CT molecular complexity index is 917. The first-order valence-electron chi connectivity index (χ1n) is 9.86. The van der Waals surface area contributed by atoms with Crippen LogP contribution >= 0.6 is 0 Å². The standard InChI is InChI=1S/C21H24F2N4O2/c1-15-3-2-4-16(11-15)20(29)26-13-17-5-8-24-27(17)18(14-26)12-19(28)25-9-6-21(22,23)7-10-25/h2-5,8,11,18H,6-7,9-10,12-14H2,1H3/t18-/m1/s1. The number of aromatic nitrogens is 2. The van der Waals surface area contributed by atoms with Crippen molar-refractivity contribution in [2.75, 3.05) is 19.6 Å². The number of fused-ring (bicyclic) bond motifs is 1. The lowest BCUT2D eigenvalue weighted by molar-refractivity contribution is -0.138. The van der Waals surface area contributed by atoms with Crippen LogP contribution in [0.1, 0.15) is 46.9 Å². The monoisotopic (exact) mass is 402 g/mol. The number of likely N-dealkylation sites (tertiary alicyclic amines) is 1. The Morgan fingerprint density at radius 1 is 1.17 bits per heavy atom. The molecular formula is C21H24F2N4O2. The first kappa shape index (κ1) is 19.5. The van der Waals surface area contributed by atoms with Gasteiger partial charge >= 0.3 is 0 Å². The Kier molecular flexibility index (Phi) is 5.10. The van der Waals surface area contributed by atoms with E-state index in [0.717, 1.165) is 11.3 Å². The number of nitrogens with zero attached hydrogens (tertiary/aromatic N) is 4. The van der Waals surface area contributed by atoms with E-state index in [1.807, 2.05) is 31.2 Å². The minimum Gasteiger partial charge on any atom is -0.342 e. The van der Waals surface area contributed by atoms with E-state index in [1.165, 1.54) is 4.90 Å². The normalized spacial score (nSPS) is 21.0. The molecule has 1 fully saturated rings. The second kappa shape index (κ2) is 7.57. The number of rotatable bonds is 3. The van der Waals surface area contributed by atoms with Crippen LogP contribution in [0.4, 0.5) is 8.78 Å². The largest absolute Gasteiger partial charge is 0.342 e. The van der Waals surface area contributed by atoms with Crippen LogP contribution in [0.5, 0.6) is 0 Å². The molecule has 6 nitrogen and oxygen atoms in total. The number of hydrogen-bond acceptors (Lipinski definition) is 3. The summed E-state index contributed by atoms with van der Waals surface area (Å²) in [5, 5.41) is 4.33. The van der Waals surface area contributed by atoms with E-state index in [4.69, 9.17) is 0 Å². The summed E-state index contributed by atoms with van der Waals surface area (Å²) in [6.45, 7) is 2.85. The molecule has 0 N–H and O–H groups in total. The molecule has 1 aromatic carbocycles. The molecule has 3 heterocycles. The van der Waals surface area contributed by atoms with Gasteiger partial charge < -0.3 is 9.80 Å². The highest BCUT2D eigenvalue weighted by Crippen LogP contribution is 2.30. The molecule has 154 valence electrons. The van der Waals surface area contributed by atoms with Crippen LogP contribution in [0.15, 0.2) is 36.5 Å². The van der Waals surface area contributed by atoms with Gasteiger partial charge in [0.15, 0.2) is 0 Å². The van der Waals surface area contributed by atoms with Gasteiger partial charge in [-0.1, -0.05) is 17.7 Å². The summed E-state index contributed by atoms with van der Waals surface area (Å²) in [4.78, 5) is 29.0. The van der Waals surface area contributed by atoms with E-state index in [1.54, 1.807) is 21.8 Å². The fourth-order valence-corrected chi connectivity index (χ4v) is 4.07. The van der Waals surface area contributed by atoms with Gasteiger partial charge in [0.05, 0.1) is 24.7 Å². The molecule has 2 aliphatic heterocycles. The zero-order valence-electron chi connectivity index (χ0n) is 16.4. The fourth-order valence-electron chi connectivity index (χ4n) is 4.07. The zero-order valence-corrected chi connectivity index (χ0v) is 16.4. The highest BCUT2D eigenvalue weighted by Gasteiger charge is 2.37. The maximum atomic E-state index is 13.4.